The molecule has 11 heteroatoms. The molecule has 3 atom stereocenters. The van der Waals surface area contributed by atoms with E-state index in [1.807, 2.05) is 33.0 Å². The molecule has 0 unspecified atom stereocenters. The number of anilines is 2. The van der Waals surface area contributed by atoms with Gasteiger partial charge in [-0.2, -0.15) is 0 Å². The third-order valence-corrected chi connectivity index (χ3v) is 7.94. The number of fused-ring (bicyclic) bond motifs is 1. The van der Waals surface area contributed by atoms with Crippen molar-refractivity contribution >= 4 is 46.5 Å². The Morgan fingerprint density at radius 2 is 1.79 bits per heavy atom. The van der Waals surface area contributed by atoms with Gasteiger partial charge in [0.2, 0.25) is 0 Å². The van der Waals surface area contributed by atoms with Crippen molar-refractivity contribution in [3.63, 3.8) is 0 Å². The Morgan fingerprint density at radius 3 is 2.45 bits per heavy atom. The number of aliphatic hydroxyl groups is 1. The molecule has 0 fully saturated rings. The first-order chi connectivity index (χ1) is 20.1. The van der Waals surface area contributed by atoms with Crippen LogP contribution >= 0.6 is 23.2 Å². The van der Waals surface area contributed by atoms with Crippen LogP contribution < -0.4 is 20.1 Å². The molecule has 3 N–H and O–H groups in total. The molecule has 9 nitrogen and oxygen atoms in total. The zero-order chi connectivity index (χ0) is 30.4. The van der Waals surface area contributed by atoms with Gasteiger partial charge in [-0.3, -0.25) is 9.69 Å². The highest BCUT2D eigenvalue weighted by Crippen LogP contribution is 2.31. The number of likely N-dealkylation sites (N-methyl/N-ethyl adjacent to an activating group) is 1. The first kappa shape index (κ1) is 31.4. The lowest BCUT2D eigenvalue weighted by Gasteiger charge is -2.38. The van der Waals surface area contributed by atoms with Crippen molar-refractivity contribution < 1.29 is 24.2 Å². The maximum absolute atomic E-state index is 13.7. The Hall–Kier alpha value is -3.50. The van der Waals surface area contributed by atoms with Crippen LogP contribution in [0.2, 0.25) is 10.0 Å². The summed E-state index contributed by atoms with van der Waals surface area (Å²) in [5, 5.41) is 16.5. The van der Waals surface area contributed by atoms with E-state index in [1.54, 1.807) is 60.5 Å². The summed E-state index contributed by atoms with van der Waals surface area (Å²) in [6.45, 7) is 5.24. The smallest absolute Gasteiger partial charge is 0.323 e. The predicted octanol–water partition coefficient (Wildman–Crippen LogP) is 6.00. The average Bonchev–Trinajstić information content (AvgIpc) is 2.97. The summed E-state index contributed by atoms with van der Waals surface area (Å²) in [5.41, 5.74) is 2.33. The molecule has 3 aromatic rings. The number of carbonyl (C=O) groups is 2. The van der Waals surface area contributed by atoms with Crippen molar-refractivity contribution in [3.05, 3.63) is 81.8 Å². The molecule has 4 rings (SSSR count). The zero-order valence-electron chi connectivity index (χ0n) is 24.1. The highest BCUT2D eigenvalue weighted by Gasteiger charge is 2.33. The Balaban J connectivity index is 1.54. The van der Waals surface area contributed by atoms with E-state index in [2.05, 4.69) is 15.5 Å². The Bertz CT molecular complexity index is 1400. The summed E-state index contributed by atoms with van der Waals surface area (Å²) in [7, 11) is 3.56. The minimum atomic E-state index is -0.463. The van der Waals surface area contributed by atoms with E-state index in [0.717, 1.165) is 5.56 Å². The fourth-order valence-corrected chi connectivity index (χ4v) is 5.13. The first-order valence-electron chi connectivity index (χ1n) is 13.6. The van der Waals surface area contributed by atoms with Gasteiger partial charge in [-0.25, -0.2) is 4.79 Å². The summed E-state index contributed by atoms with van der Waals surface area (Å²) in [6.07, 6.45) is -0.268. The number of methoxy groups -OCH3 is 1. The Labute approximate surface area is 256 Å². The van der Waals surface area contributed by atoms with Crippen molar-refractivity contribution in [2.75, 3.05) is 44.5 Å². The molecule has 3 amide bonds. The largest absolute Gasteiger partial charge is 0.497 e. The van der Waals surface area contributed by atoms with Crippen LogP contribution in [0.15, 0.2) is 60.7 Å². The molecule has 0 saturated heterocycles. The van der Waals surface area contributed by atoms with Gasteiger partial charge in [0.15, 0.2) is 0 Å². The van der Waals surface area contributed by atoms with Gasteiger partial charge in [0.1, 0.15) is 17.6 Å². The topological polar surface area (TPSA) is 103 Å². The fourth-order valence-electron chi connectivity index (χ4n) is 4.81. The van der Waals surface area contributed by atoms with Crippen molar-refractivity contribution in [1.29, 1.82) is 0 Å². The van der Waals surface area contributed by atoms with Gasteiger partial charge in [-0.15, -0.1) is 0 Å². The standard InChI is InChI=1S/C31H36Cl2N4O5/c1-19-15-37(20(2)18-38)30(39)25-14-23(35-31(40)34-22-6-9-24(41-4)10-7-22)8-12-28(25)42-29(19)17-36(3)16-21-5-11-26(32)27(33)13-21/h5-14,19-20,29,38H,15-18H2,1-4H3,(H2,34,35,40)/t19-,20+,29-/m0/s1. The lowest BCUT2D eigenvalue weighted by atomic mass is 9.99. The molecular formula is C31H36Cl2N4O5. The molecule has 0 spiro atoms. The van der Waals surface area contributed by atoms with Crippen LogP contribution in [0.25, 0.3) is 0 Å². The van der Waals surface area contributed by atoms with Crippen LogP contribution in [-0.2, 0) is 6.54 Å². The van der Waals surface area contributed by atoms with Crippen LogP contribution in [0.1, 0.15) is 29.8 Å². The number of urea groups is 1. The number of aliphatic hydroxyl groups excluding tert-OH is 1. The van der Waals surface area contributed by atoms with Gasteiger partial charge in [0.05, 0.1) is 35.4 Å². The number of hydrogen-bond acceptors (Lipinski definition) is 6. The molecular weight excluding hydrogens is 579 g/mol. The third-order valence-electron chi connectivity index (χ3n) is 7.20. The quantitative estimate of drug-likeness (QED) is 0.273. The lowest BCUT2D eigenvalue weighted by molar-refractivity contribution is 0.0341. The second-order valence-corrected chi connectivity index (χ2v) is 11.4. The van der Waals surface area contributed by atoms with Crippen LogP contribution in [0.3, 0.4) is 0 Å². The highest BCUT2D eigenvalue weighted by atomic mass is 35.5. The van der Waals surface area contributed by atoms with Gasteiger partial charge < -0.3 is 30.1 Å². The molecule has 0 aliphatic carbocycles. The maximum atomic E-state index is 13.7. The van der Waals surface area contributed by atoms with Crippen molar-refractivity contribution in [2.45, 2.75) is 32.5 Å². The van der Waals surface area contributed by atoms with E-state index < -0.39 is 12.1 Å². The van der Waals surface area contributed by atoms with Crippen LogP contribution in [0.4, 0.5) is 16.2 Å². The first-order valence-corrected chi connectivity index (χ1v) is 14.4. The minimum absolute atomic E-state index is 0.0413. The molecule has 0 aromatic heterocycles. The number of nitrogens with zero attached hydrogens (tertiary/aromatic N) is 2. The number of rotatable bonds is 9. The Morgan fingerprint density at radius 1 is 1.10 bits per heavy atom. The summed E-state index contributed by atoms with van der Waals surface area (Å²) >= 11 is 12.3. The lowest BCUT2D eigenvalue weighted by Crippen LogP contribution is -2.49. The number of carbonyl (C=O) groups excluding carboxylic acids is 2. The normalized spacial score (nSPS) is 17.5. The summed E-state index contributed by atoms with van der Waals surface area (Å²) in [5.74, 6) is 0.771. The van der Waals surface area contributed by atoms with Crippen LogP contribution in [-0.4, -0.2) is 72.8 Å². The van der Waals surface area contributed by atoms with E-state index >= 15 is 0 Å². The number of halogens is 2. The molecule has 1 aliphatic rings. The molecule has 1 heterocycles. The molecule has 1 aliphatic heterocycles. The average molecular weight is 616 g/mol. The van der Waals surface area contributed by atoms with Gasteiger partial charge in [0.25, 0.3) is 5.91 Å². The van der Waals surface area contributed by atoms with E-state index in [-0.39, 0.29) is 24.5 Å². The molecule has 0 radical (unpaired) electrons. The van der Waals surface area contributed by atoms with Gasteiger partial charge >= 0.3 is 6.03 Å². The van der Waals surface area contributed by atoms with Gasteiger partial charge in [0, 0.05) is 36.9 Å². The zero-order valence-corrected chi connectivity index (χ0v) is 25.6. The highest BCUT2D eigenvalue weighted by molar-refractivity contribution is 6.42. The fraction of sp³-hybridized carbons (Fsp3) is 0.355. The van der Waals surface area contributed by atoms with Crippen LogP contribution in [0.5, 0.6) is 11.5 Å². The van der Waals surface area contributed by atoms with Crippen molar-refractivity contribution in [2.24, 2.45) is 5.92 Å². The van der Waals surface area contributed by atoms with Gasteiger partial charge in [-0.1, -0.05) is 36.2 Å². The van der Waals surface area contributed by atoms with Crippen LogP contribution in [0, 0.1) is 5.92 Å². The third kappa shape index (κ3) is 7.86. The van der Waals surface area contributed by atoms with E-state index in [0.29, 0.717) is 58.1 Å². The molecule has 3 aromatic carbocycles. The Kier molecular flexibility index (Phi) is 10.6. The number of nitrogens with one attached hydrogen (secondary N) is 2. The second kappa shape index (κ2) is 14.1. The van der Waals surface area contributed by atoms with Gasteiger partial charge in [-0.05, 0) is 74.1 Å². The van der Waals surface area contributed by atoms with E-state index in [4.69, 9.17) is 32.7 Å². The second-order valence-electron chi connectivity index (χ2n) is 10.6. The summed E-state index contributed by atoms with van der Waals surface area (Å²) in [6, 6.07) is 16.6. The van der Waals surface area contributed by atoms with Crippen molar-refractivity contribution in [3.8, 4) is 11.5 Å². The summed E-state index contributed by atoms with van der Waals surface area (Å²) in [4.78, 5) is 30.2. The molecule has 224 valence electrons. The maximum Gasteiger partial charge on any atom is 0.323 e. The number of benzene rings is 3. The van der Waals surface area contributed by atoms with E-state index in [9.17, 15) is 14.7 Å². The molecule has 42 heavy (non-hydrogen) atoms. The SMILES string of the molecule is COc1ccc(NC(=O)Nc2ccc3c(c2)C(=O)N([C@H](C)CO)C[C@H](C)[C@H](CN(C)Cc2ccc(Cl)c(Cl)c2)O3)cc1. The van der Waals surface area contributed by atoms with Crippen molar-refractivity contribution in [1.82, 2.24) is 9.80 Å². The van der Waals surface area contributed by atoms with E-state index in [1.165, 1.54) is 0 Å². The molecule has 0 bridgehead atoms. The predicted molar refractivity (Wildman–Crippen MR) is 166 cm³/mol. The number of hydrogen-bond donors (Lipinski definition) is 3. The summed E-state index contributed by atoms with van der Waals surface area (Å²) < 4.78 is 11.6. The minimum Gasteiger partial charge on any atom is -0.497 e. The molecule has 0 saturated carbocycles. The monoisotopic (exact) mass is 614 g/mol. The number of ether oxygens (including phenoxy) is 2. The number of amides is 3.